The summed E-state index contributed by atoms with van der Waals surface area (Å²) in [5.74, 6) is -1.25. The molecule has 1 atom stereocenters. The molecule has 1 rings (SSSR count). The lowest BCUT2D eigenvalue weighted by Crippen LogP contribution is -2.27. The van der Waals surface area contributed by atoms with E-state index in [4.69, 9.17) is 15.6 Å². The summed E-state index contributed by atoms with van der Waals surface area (Å²) in [5.41, 5.74) is 7.22. The molecule has 1 aromatic rings. The van der Waals surface area contributed by atoms with Crippen LogP contribution in [0.5, 0.6) is 0 Å². The van der Waals surface area contributed by atoms with E-state index in [1.807, 2.05) is 18.2 Å². The Kier molecular flexibility index (Phi) is 4.29. The largest absolute Gasteiger partial charge is 0.398 e. The first-order chi connectivity index (χ1) is 7.44. The molecule has 0 heterocycles. The molecule has 0 fully saturated rings. The maximum atomic E-state index is 9.62. The van der Waals surface area contributed by atoms with Gasteiger partial charge in [-0.15, -0.1) is 0 Å². The molecule has 0 aliphatic carbocycles. The third-order valence-electron chi connectivity index (χ3n) is 2.16. The van der Waals surface area contributed by atoms with Crippen molar-refractivity contribution in [2.24, 2.45) is 0 Å². The minimum absolute atomic E-state index is 0.0188. The van der Waals surface area contributed by atoms with Crippen molar-refractivity contribution in [2.45, 2.75) is 32.2 Å². The van der Waals surface area contributed by atoms with Gasteiger partial charge >= 0.3 is 0 Å². The fraction of sp³-hybridized carbons (Fsp3) is 0.500. The molecule has 4 nitrogen and oxygen atoms in total. The Morgan fingerprint density at radius 2 is 2.00 bits per heavy atom. The monoisotopic (exact) mass is 225 g/mol. The molecule has 0 unspecified atom stereocenters. The number of hydrogen-bond acceptors (Lipinski definition) is 4. The van der Waals surface area contributed by atoms with Crippen molar-refractivity contribution in [2.75, 3.05) is 12.3 Å². The van der Waals surface area contributed by atoms with Crippen molar-refractivity contribution in [3.8, 4) is 0 Å². The van der Waals surface area contributed by atoms with Gasteiger partial charge in [-0.3, -0.25) is 0 Å². The van der Waals surface area contributed by atoms with Crippen LogP contribution in [0.2, 0.25) is 0 Å². The first-order valence-electron chi connectivity index (χ1n) is 5.29. The molecule has 16 heavy (non-hydrogen) atoms. The van der Waals surface area contributed by atoms with Crippen LogP contribution in [0.3, 0.4) is 0 Å². The second-order valence-corrected chi connectivity index (χ2v) is 4.19. The average molecular weight is 225 g/mol. The van der Waals surface area contributed by atoms with Gasteiger partial charge in [0.05, 0.1) is 6.10 Å². The van der Waals surface area contributed by atoms with Crippen molar-refractivity contribution < 1.29 is 14.9 Å². The number of hydrogen-bond donors (Lipinski definition) is 3. The average Bonchev–Trinajstić information content (AvgIpc) is 2.16. The second-order valence-electron chi connectivity index (χ2n) is 4.19. The fourth-order valence-corrected chi connectivity index (χ4v) is 1.55. The van der Waals surface area contributed by atoms with Crippen molar-refractivity contribution in [3.63, 3.8) is 0 Å². The van der Waals surface area contributed by atoms with Crippen molar-refractivity contribution in [1.82, 2.24) is 0 Å². The molecule has 4 heteroatoms. The smallest absolute Gasteiger partial charge is 0.160 e. The highest BCUT2D eigenvalue weighted by molar-refractivity contribution is 5.47. The Morgan fingerprint density at radius 1 is 1.38 bits per heavy atom. The molecule has 0 bridgehead atoms. The summed E-state index contributed by atoms with van der Waals surface area (Å²) in [4.78, 5) is 0. The maximum absolute atomic E-state index is 9.62. The molecular formula is C12H19NO3. The van der Waals surface area contributed by atoms with Gasteiger partial charge in [0.15, 0.2) is 5.79 Å². The molecule has 0 saturated heterocycles. The zero-order chi connectivity index (χ0) is 12.2. The Morgan fingerprint density at radius 3 is 2.50 bits per heavy atom. The van der Waals surface area contributed by atoms with Crippen LogP contribution in [0.4, 0.5) is 5.69 Å². The number of rotatable bonds is 5. The van der Waals surface area contributed by atoms with Crippen LogP contribution in [0.25, 0.3) is 0 Å². The highest BCUT2D eigenvalue weighted by Gasteiger charge is 2.22. The van der Waals surface area contributed by atoms with Gasteiger partial charge < -0.3 is 20.7 Å². The van der Waals surface area contributed by atoms with E-state index in [0.717, 1.165) is 5.56 Å². The number of ether oxygens (including phenoxy) is 1. The van der Waals surface area contributed by atoms with Crippen LogP contribution in [0.15, 0.2) is 24.3 Å². The summed E-state index contributed by atoms with van der Waals surface area (Å²) in [6, 6.07) is 7.29. The number of aliphatic hydroxyl groups excluding tert-OH is 1. The predicted molar refractivity (Wildman–Crippen MR) is 62.7 cm³/mol. The van der Waals surface area contributed by atoms with Gasteiger partial charge in [-0.1, -0.05) is 18.2 Å². The summed E-state index contributed by atoms with van der Waals surface area (Å²) in [5, 5.41) is 18.6. The van der Waals surface area contributed by atoms with Crippen LogP contribution in [0, 0.1) is 0 Å². The lowest BCUT2D eigenvalue weighted by Gasteiger charge is -2.27. The van der Waals surface area contributed by atoms with Crippen molar-refractivity contribution in [1.29, 1.82) is 0 Å². The molecule has 0 spiro atoms. The van der Waals surface area contributed by atoms with Crippen LogP contribution in [-0.2, 0) is 4.74 Å². The first-order valence-corrected chi connectivity index (χ1v) is 5.29. The van der Waals surface area contributed by atoms with Gasteiger partial charge in [-0.05, 0) is 19.9 Å². The minimum atomic E-state index is -1.25. The number of para-hydroxylation sites is 1. The molecule has 4 N–H and O–H groups in total. The molecule has 0 aliphatic heterocycles. The third-order valence-corrected chi connectivity index (χ3v) is 2.16. The molecule has 0 radical (unpaired) electrons. The van der Waals surface area contributed by atoms with Crippen LogP contribution >= 0.6 is 0 Å². The first kappa shape index (κ1) is 13.0. The molecular weight excluding hydrogens is 206 g/mol. The number of benzene rings is 1. The number of nitrogens with two attached hydrogens (primary N) is 1. The number of anilines is 1. The van der Waals surface area contributed by atoms with Crippen LogP contribution in [-0.4, -0.2) is 22.6 Å². The summed E-state index contributed by atoms with van der Waals surface area (Å²) in [6.07, 6.45) is 0.00396. The maximum Gasteiger partial charge on any atom is 0.160 e. The Balaban J connectivity index is 2.89. The number of nitrogen functional groups attached to an aromatic ring is 1. The third kappa shape index (κ3) is 3.81. The summed E-state index contributed by atoms with van der Waals surface area (Å²) >= 11 is 0. The number of aliphatic hydroxyl groups is 2. The van der Waals surface area contributed by atoms with E-state index in [1.54, 1.807) is 19.9 Å². The Bertz CT molecular complexity index is 333. The zero-order valence-electron chi connectivity index (χ0n) is 9.68. The van der Waals surface area contributed by atoms with Gasteiger partial charge in [-0.2, -0.15) is 0 Å². The normalized spacial score (nSPS) is 13.8. The second kappa shape index (κ2) is 5.30. The fourth-order valence-electron chi connectivity index (χ4n) is 1.55. The van der Waals surface area contributed by atoms with E-state index in [1.165, 1.54) is 0 Å². The summed E-state index contributed by atoms with van der Waals surface area (Å²) in [6.45, 7) is 3.09. The van der Waals surface area contributed by atoms with Gasteiger partial charge in [0.1, 0.15) is 0 Å². The van der Waals surface area contributed by atoms with E-state index < -0.39 is 11.9 Å². The van der Waals surface area contributed by atoms with Gasteiger partial charge in [0, 0.05) is 24.3 Å². The predicted octanol–water partition coefficient (Wildman–Crippen LogP) is 1.44. The topological polar surface area (TPSA) is 75.7 Å². The highest BCUT2D eigenvalue weighted by atomic mass is 16.6. The van der Waals surface area contributed by atoms with Crippen molar-refractivity contribution >= 4 is 5.69 Å². The van der Waals surface area contributed by atoms with E-state index in [9.17, 15) is 5.11 Å². The highest BCUT2D eigenvalue weighted by Crippen LogP contribution is 2.29. The molecule has 0 amide bonds. The van der Waals surface area contributed by atoms with Crippen molar-refractivity contribution in [3.05, 3.63) is 29.8 Å². The van der Waals surface area contributed by atoms with Gasteiger partial charge in [0.25, 0.3) is 0 Å². The molecule has 1 aromatic carbocycles. The van der Waals surface area contributed by atoms with E-state index in [0.29, 0.717) is 12.1 Å². The zero-order valence-corrected chi connectivity index (χ0v) is 9.68. The van der Waals surface area contributed by atoms with Crippen LogP contribution in [0.1, 0.15) is 31.9 Å². The minimum Gasteiger partial charge on any atom is -0.398 e. The standard InChI is InChI=1S/C12H19NO3/c1-12(2,15)16-11(7-8-14)9-5-3-4-6-10(9)13/h3-6,11,14-15H,7-8,13H2,1-2H3/t11-/m1/s1. The Labute approximate surface area is 95.7 Å². The van der Waals surface area contributed by atoms with Crippen LogP contribution < -0.4 is 5.73 Å². The quantitative estimate of drug-likeness (QED) is 0.523. The lowest BCUT2D eigenvalue weighted by atomic mass is 10.0. The van der Waals surface area contributed by atoms with E-state index in [2.05, 4.69) is 0 Å². The Hall–Kier alpha value is -1.10. The molecule has 0 aliphatic rings. The molecule has 0 aromatic heterocycles. The molecule has 90 valence electrons. The van der Waals surface area contributed by atoms with E-state index in [-0.39, 0.29) is 6.61 Å². The SMILES string of the molecule is CC(C)(O)O[C@H](CCO)c1ccccc1N. The summed E-state index contributed by atoms with van der Waals surface area (Å²) < 4.78 is 5.46. The lowest BCUT2D eigenvalue weighted by molar-refractivity contribution is -0.210. The summed E-state index contributed by atoms with van der Waals surface area (Å²) in [7, 11) is 0. The van der Waals surface area contributed by atoms with E-state index >= 15 is 0 Å². The van der Waals surface area contributed by atoms with Gasteiger partial charge in [-0.25, -0.2) is 0 Å². The molecule has 0 saturated carbocycles. The van der Waals surface area contributed by atoms with Gasteiger partial charge in [0.2, 0.25) is 0 Å².